The first-order valence-electron chi connectivity index (χ1n) is 5.29. The fourth-order valence-corrected chi connectivity index (χ4v) is 1.73. The van der Waals surface area contributed by atoms with Crippen LogP contribution < -0.4 is 0 Å². The van der Waals surface area contributed by atoms with Crippen LogP contribution in [0.1, 0.15) is 33.6 Å². The average molecular weight is 227 g/mol. The van der Waals surface area contributed by atoms with Gasteiger partial charge in [-0.1, -0.05) is 20.8 Å². The zero-order valence-electron chi connectivity index (χ0n) is 9.82. The van der Waals surface area contributed by atoms with Crippen molar-refractivity contribution in [1.82, 2.24) is 4.90 Å². The topological polar surface area (TPSA) is 74.7 Å². The SMILES string of the molecule is CC(C)(C)C(=O)N1CC(=O)CCC1C(=O)O. The number of piperidine rings is 1. The zero-order chi connectivity index (χ0) is 12.5. The molecule has 90 valence electrons. The number of likely N-dealkylation sites (tertiary alicyclic amines) is 1. The number of carboxylic acids is 1. The Bertz CT molecular complexity index is 329. The first-order chi connectivity index (χ1) is 7.23. The molecule has 5 heteroatoms. The van der Waals surface area contributed by atoms with Crippen LogP contribution in [-0.2, 0) is 14.4 Å². The summed E-state index contributed by atoms with van der Waals surface area (Å²) in [7, 11) is 0. The normalized spacial score (nSPS) is 22.1. The number of hydrogen-bond acceptors (Lipinski definition) is 3. The third-order valence-corrected chi connectivity index (χ3v) is 2.61. The van der Waals surface area contributed by atoms with Gasteiger partial charge in [0.2, 0.25) is 5.91 Å². The fourth-order valence-electron chi connectivity index (χ4n) is 1.73. The van der Waals surface area contributed by atoms with Crippen molar-refractivity contribution in [3.8, 4) is 0 Å². The molecular formula is C11H17NO4. The second-order valence-electron chi connectivity index (χ2n) is 5.11. The number of Topliss-reactive ketones (excluding diaryl/α,β-unsaturated/α-hetero) is 1. The van der Waals surface area contributed by atoms with Gasteiger partial charge in [-0.25, -0.2) is 4.79 Å². The predicted molar refractivity (Wildman–Crippen MR) is 56.8 cm³/mol. The van der Waals surface area contributed by atoms with E-state index in [1.54, 1.807) is 20.8 Å². The molecule has 1 aliphatic rings. The van der Waals surface area contributed by atoms with Crippen molar-refractivity contribution < 1.29 is 19.5 Å². The monoisotopic (exact) mass is 227 g/mol. The van der Waals surface area contributed by atoms with Crippen molar-refractivity contribution in [3.63, 3.8) is 0 Å². The Kier molecular flexibility index (Phi) is 3.35. The summed E-state index contributed by atoms with van der Waals surface area (Å²) in [6.07, 6.45) is 0.459. The van der Waals surface area contributed by atoms with E-state index in [1.807, 2.05) is 0 Å². The number of aliphatic carboxylic acids is 1. The molecule has 1 rings (SSSR count). The molecule has 1 heterocycles. The number of ketones is 1. The lowest BCUT2D eigenvalue weighted by Crippen LogP contribution is -2.54. The van der Waals surface area contributed by atoms with Gasteiger partial charge in [0.05, 0.1) is 6.54 Å². The molecule has 1 N–H and O–H groups in total. The van der Waals surface area contributed by atoms with Gasteiger partial charge in [0.15, 0.2) is 5.78 Å². The van der Waals surface area contributed by atoms with Gasteiger partial charge in [-0.05, 0) is 6.42 Å². The van der Waals surface area contributed by atoms with E-state index in [0.29, 0.717) is 0 Å². The van der Waals surface area contributed by atoms with Crippen LogP contribution in [0.25, 0.3) is 0 Å². The highest BCUT2D eigenvalue weighted by molar-refractivity contribution is 5.93. The molecule has 0 aromatic carbocycles. The maximum atomic E-state index is 12.0. The molecule has 1 atom stereocenters. The lowest BCUT2D eigenvalue weighted by atomic mass is 9.91. The van der Waals surface area contributed by atoms with E-state index in [-0.39, 0.29) is 31.1 Å². The first kappa shape index (κ1) is 12.7. The summed E-state index contributed by atoms with van der Waals surface area (Å²) in [5.41, 5.74) is -0.661. The van der Waals surface area contributed by atoms with Crippen LogP contribution in [0, 0.1) is 5.41 Å². The van der Waals surface area contributed by atoms with Crippen molar-refractivity contribution in [1.29, 1.82) is 0 Å². The van der Waals surface area contributed by atoms with E-state index in [4.69, 9.17) is 5.11 Å². The Morgan fingerprint density at radius 2 is 1.94 bits per heavy atom. The number of carbonyl (C=O) groups excluding carboxylic acids is 2. The van der Waals surface area contributed by atoms with Crippen LogP contribution in [0.4, 0.5) is 0 Å². The third-order valence-electron chi connectivity index (χ3n) is 2.61. The van der Waals surface area contributed by atoms with E-state index in [1.165, 1.54) is 4.90 Å². The highest BCUT2D eigenvalue weighted by atomic mass is 16.4. The van der Waals surface area contributed by atoms with Crippen molar-refractivity contribution in [2.24, 2.45) is 5.41 Å². The molecule has 5 nitrogen and oxygen atoms in total. The van der Waals surface area contributed by atoms with E-state index < -0.39 is 17.4 Å². The maximum Gasteiger partial charge on any atom is 0.326 e. The van der Waals surface area contributed by atoms with E-state index >= 15 is 0 Å². The minimum absolute atomic E-state index is 0.0740. The molecule has 0 radical (unpaired) electrons. The molecule has 1 fully saturated rings. The molecule has 1 unspecified atom stereocenters. The molecule has 0 bridgehead atoms. The van der Waals surface area contributed by atoms with Gasteiger partial charge in [-0.2, -0.15) is 0 Å². The Labute approximate surface area is 94.4 Å². The Balaban J connectivity index is 2.92. The maximum absolute atomic E-state index is 12.0. The van der Waals surface area contributed by atoms with Crippen molar-refractivity contribution in [2.45, 2.75) is 39.7 Å². The lowest BCUT2D eigenvalue weighted by molar-refractivity contribution is -0.157. The summed E-state index contributed by atoms with van der Waals surface area (Å²) in [5, 5.41) is 9.00. The predicted octanol–water partition coefficient (Wildman–Crippen LogP) is 0.677. The summed E-state index contributed by atoms with van der Waals surface area (Å²) in [6.45, 7) is 5.07. The smallest absolute Gasteiger partial charge is 0.326 e. The van der Waals surface area contributed by atoms with E-state index in [0.717, 1.165) is 0 Å². The molecule has 0 aliphatic carbocycles. The van der Waals surface area contributed by atoms with Crippen molar-refractivity contribution in [3.05, 3.63) is 0 Å². The number of carbonyl (C=O) groups is 3. The van der Waals surface area contributed by atoms with Gasteiger partial charge >= 0.3 is 5.97 Å². The largest absolute Gasteiger partial charge is 0.480 e. The summed E-state index contributed by atoms with van der Waals surface area (Å²) in [6, 6.07) is -0.857. The minimum atomic E-state index is -1.04. The minimum Gasteiger partial charge on any atom is -0.480 e. The Morgan fingerprint density at radius 1 is 1.38 bits per heavy atom. The molecule has 1 saturated heterocycles. The number of rotatable bonds is 1. The number of nitrogens with zero attached hydrogens (tertiary/aromatic N) is 1. The van der Waals surface area contributed by atoms with Gasteiger partial charge < -0.3 is 10.0 Å². The van der Waals surface area contributed by atoms with Crippen LogP contribution >= 0.6 is 0 Å². The van der Waals surface area contributed by atoms with E-state index in [2.05, 4.69) is 0 Å². The number of hydrogen-bond donors (Lipinski definition) is 1. The Morgan fingerprint density at radius 3 is 2.38 bits per heavy atom. The summed E-state index contributed by atoms with van der Waals surface area (Å²) >= 11 is 0. The highest BCUT2D eigenvalue weighted by Crippen LogP contribution is 2.23. The van der Waals surface area contributed by atoms with Crippen LogP contribution in [0.5, 0.6) is 0 Å². The molecule has 0 aromatic heterocycles. The van der Waals surface area contributed by atoms with Crippen molar-refractivity contribution >= 4 is 17.7 Å². The van der Waals surface area contributed by atoms with Gasteiger partial charge in [0, 0.05) is 11.8 Å². The van der Waals surface area contributed by atoms with Gasteiger partial charge in [-0.15, -0.1) is 0 Å². The standard InChI is InChI=1S/C11H17NO4/c1-11(2,3)10(16)12-6-7(13)4-5-8(12)9(14)15/h8H,4-6H2,1-3H3,(H,14,15). The summed E-state index contributed by atoms with van der Waals surface area (Å²) < 4.78 is 0. The first-order valence-corrected chi connectivity index (χ1v) is 5.29. The van der Waals surface area contributed by atoms with Gasteiger partial charge in [0.25, 0.3) is 0 Å². The number of carboxylic acid groups (broad SMARTS) is 1. The van der Waals surface area contributed by atoms with Crippen LogP contribution in [0.3, 0.4) is 0 Å². The molecule has 0 spiro atoms. The van der Waals surface area contributed by atoms with Crippen molar-refractivity contribution in [2.75, 3.05) is 6.54 Å². The molecule has 1 aliphatic heterocycles. The second kappa shape index (κ2) is 4.23. The third kappa shape index (κ3) is 2.59. The summed E-state index contributed by atoms with van der Waals surface area (Å²) in [5.74, 6) is -1.40. The van der Waals surface area contributed by atoms with Gasteiger partial charge in [-0.3, -0.25) is 9.59 Å². The lowest BCUT2D eigenvalue weighted by Gasteiger charge is -2.36. The molecular weight excluding hydrogens is 210 g/mol. The summed E-state index contributed by atoms with van der Waals surface area (Å²) in [4.78, 5) is 35.5. The second-order valence-corrected chi connectivity index (χ2v) is 5.11. The quantitative estimate of drug-likeness (QED) is 0.714. The fraction of sp³-hybridized carbons (Fsp3) is 0.727. The highest BCUT2D eigenvalue weighted by Gasteiger charge is 2.39. The van der Waals surface area contributed by atoms with Gasteiger partial charge in [0.1, 0.15) is 6.04 Å². The van der Waals surface area contributed by atoms with E-state index in [9.17, 15) is 14.4 Å². The zero-order valence-corrected chi connectivity index (χ0v) is 9.82. The molecule has 0 saturated carbocycles. The van der Waals surface area contributed by atoms with Crippen LogP contribution in [-0.4, -0.2) is 40.3 Å². The Hall–Kier alpha value is -1.39. The molecule has 0 aromatic rings. The molecule has 1 amide bonds. The van der Waals surface area contributed by atoms with Crippen LogP contribution in [0.2, 0.25) is 0 Å². The average Bonchev–Trinajstić information content (AvgIpc) is 2.14. The molecule has 16 heavy (non-hydrogen) atoms. The number of amides is 1. The van der Waals surface area contributed by atoms with Crippen LogP contribution in [0.15, 0.2) is 0 Å².